The molecule has 0 atom stereocenters. The third-order valence-corrected chi connectivity index (χ3v) is 3.43. The Bertz CT molecular complexity index is 483. The lowest BCUT2D eigenvalue weighted by Gasteiger charge is -2.03. The molecule has 0 heterocycles. The van der Waals surface area contributed by atoms with Gasteiger partial charge in [-0.05, 0) is 70.3 Å². The number of hydrogen-bond acceptors (Lipinski definition) is 4. The molecule has 0 N–H and O–H groups in total. The molecule has 0 aliphatic carbocycles. The fourth-order valence-electron chi connectivity index (χ4n) is 1.06. The molecular formula is C12H10I2O4. The Morgan fingerprint density at radius 3 is 2.72 bits per heavy atom. The second-order valence-electron chi connectivity index (χ2n) is 3.08. The van der Waals surface area contributed by atoms with Crippen molar-refractivity contribution in [2.45, 2.75) is 6.92 Å². The quantitative estimate of drug-likeness (QED) is 0.293. The van der Waals surface area contributed by atoms with Gasteiger partial charge in [0, 0.05) is 7.14 Å². The van der Waals surface area contributed by atoms with Crippen molar-refractivity contribution < 1.29 is 19.1 Å². The molecule has 0 unspecified atom stereocenters. The van der Waals surface area contributed by atoms with Crippen molar-refractivity contribution in [3.63, 3.8) is 0 Å². The topological polar surface area (TPSA) is 52.6 Å². The molecule has 18 heavy (non-hydrogen) atoms. The van der Waals surface area contributed by atoms with Gasteiger partial charge in [-0.15, -0.1) is 0 Å². The van der Waals surface area contributed by atoms with E-state index in [4.69, 9.17) is 4.74 Å². The van der Waals surface area contributed by atoms with Gasteiger partial charge in [0.1, 0.15) is 6.26 Å². The highest BCUT2D eigenvalue weighted by Gasteiger charge is 2.11. The van der Waals surface area contributed by atoms with Crippen LogP contribution in [0.4, 0.5) is 0 Å². The molecule has 4 nitrogen and oxygen atoms in total. The third-order valence-electron chi connectivity index (χ3n) is 1.81. The van der Waals surface area contributed by atoms with Crippen molar-refractivity contribution in [1.29, 1.82) is 0 Å². The molecule has 0 fully saturated rings. The summed E-state index contributed by atoms with van der Waals surface area (Å²) >= 11 is 4.16. The number of esters is 2. The van der Waals surface area contributed by atoms with Crippen molar-refractivity contribution in [2.24, 2.45) is 0 Å². The zero-order valence-electron chi connectivity index (χ0n) is 9.48. The molecule has 1 aromatic carbocycles. The van der Waals surface area contributed by atoms with Gasteiger partial charge in [0.15, 0.2) is 0 Å². The van der Waals surface area contributed by atoms with E-state index in [2.05, 4.69) is 49.9 Å². The van der Waals surface area contributed by atoms with E-state index in [9.17, 15) is 9.59 Å². The van der Waals surface area contributed by atoms with Gasteiger partial charge in [0.2, 0.25) is 0 Å². The summed E-state index contributed by atoms with van der Waals surface area (Å²) in [6.45, 7) is 1.98. The lowest BCUT2D eigenvalue weighted by atomic mass is 10.2. The number of rotatable bonds is 4. The summed E-state index contributed by atoms with van der Waals surface area (Å²) in [4.78, 5) is 22.7. The van der Waals surface area contributed by atoms with Gasteiger partial charge in [-0.3, -0.25) is 0 Å². The number of hydrogen-bond donors (Lipinski definition) is 0. The van der Waals surface area contributed by atoms with Crippen molar-refractivity contribution in [3.05, 3.63) is 43.2 Å². The Kier molecular flexibility index (Phi) is 6.61. The highest BCUT2D eigenvalue weighted by Crippen LogP contribution is 2.17. The van der Waals surface area contributed by atoms with Gasteiger partial charge >= 0.3 is 11.9 Å². The molecule has 0 aliphatic rings. The van der Waals surface area contributed by atoms with E-state index in [1.54, 1.807) is 13.0 Å². The maximum Gasteiger partial charge on any atom is 0.344 e. The highest BCUT2D eigenvalue weighted by molar-refractivity contribution is 14.1. The largest absolute Gasteiger partial charge is 0.463 e. The summed E-state index contributed by atoms with van der Waals surface area (Å²) < 4.78 is 11.2. The summed E-state index contributed by atoms with van der Waals surface area (Å²) in [7, 11) is 0. The average Bonchev–Trinajstić information content (AvgIpc) is 2.32. The Balaban J connectivity index is 2.66. The number of halogens is 2. The molecule has 0 bridgehead atoms. The van der Waals surface area contributed by atoms with Gasteiger partial charge in [0.05, 0.1) is 18.2 Å². The van der Waals surface area contributed by atoms with Crippen LogP contribution in [0.1, 0.15) is 17.3 Å². The molecule has 0 saturated carbocycles. The average molecular weight is 472 g/mol. The van der Waals surface area contributed by atoms with E-state index in [0.29, 0.717) is 5.56 Å². The Labute approximate surface area is 132 Å². The van der Waals surface area contributed by atoms with Crippen molar-refractivity contribution in [1.82, 2.24) is 0 Å². The Morgan fingerprint density at radius 2 is 2.06 bits per heavy atom. The zero-order chi connectivity index (χ0) is 13.5. The second kappa shape index (κ2) is 7.72. The minimum Gasteiger partial charge on any atom is -0.463 e. The van der Waals surface area contributed by atoms with Crippen LogP contribution in [0.2, 0.25) is 0 Å². The van der Waals surface area contributed by atoms with Crippen molar-refractivity contribution in [2.75, 3.05) is 6.61 Å². The fraction of sp³-hybridized carbons (Fsp3) is 0.167. The van der Waals surface area contributed by atoms with E-state index in [1.165, 1.54) is 0 Å². The maximum atomic E-state index is 11.7. The van der Waals surface area contributed by atoms with Gasteiger partial charge in [-0.25, -0.2) is 9.59 Å². The summed E-state index contributed by atoms with van der Waals surface area (Å²) in [5.74, 6) is -1.04. The zero-order valence-corrected chi connectivity index (χ0v) is 13.8. The van der Waals surface area contributed by atoms with Crippen molar-refractivity contribution >= 4 is 57.1 Å². The van der Waals surface area contributed by atoms with Crippen molar-refractivity contribution in [3.8, 4) is 0 Å². The molecule has 0 amide bonds. The van der Waals surface area contributed by atoms with Crippen LogP contribution < -0.4 is 0 Å². The fourth-order valence-corrected chi connectivity index (χ4v) is 2.11. The first kappa shape index (κ1) is 15.4. The van der Waals surface area contributed by atoms with E-state index >= 15 is 0 Å². The van der Waals surface area contributed by atoms with Gasteiger partial charge in [-0.1, -0.05) is 0 Å². The molecule has 96 valence electrons. The first-order chi connectivity index (χ1) is 8.54. The minimum atomic E-state index is -0.539. The number of ether oxygens (including phenoxy) is 2. The number of carbonyl (C=O) groups excluding carboxylic acids is 2. The first-order valence-corrected chi connectivity index (χ1v) is 7.19. The summed E-state index contributed by atoms with van der Waals surface area (Å²) in [6.07, 6.45) is 2.11. The lowest BCUT2D eigenvalue weighted by Crippen LogP contribution is -2.05. The SMILES string of the molecule is CCOC(=O)/C=C/OC(=O)c1cc(I)ccc1I. The lowest BCUT2D eigenvalue weighted by molar-refractivity contribution is -0.137. The molecule has 1 aromatic rings. The van der Waals surface area contributed by atoms with E-state index in [-0.39, 0.29) is 6.61 Å². The molecular weight excluding hydrogens is 462 g/mol. The molecule has 1 rings (SSSR count). The summed E-state index contributed by atoms with van der Waals surface area (Å²) in [6, 6.07) is 5.45. The molecule has 0 aliphatic heterocycles. The van der Waals surface area contributed by atoms with E-state index < -0.39 is 11.9 Å². The molecule has 0 aromatic heterocycles. The van der Waals surface area contributed by atoms with Crippen LogP contribution in [-0.4, -0.2) is 18.5 Å². The van der Waals surface area contributed by atoms with Crippen LogP contribution in [0.5, 0.6) is 0 Å². The monoisotopic (exact) mass is 472 g/mol. The van der Waals surface area contributed by atoms with E-state index in [0.717, 1.165) is 19.5 Å². The van der Waals surface area contributed by atoms with Gasteiger partial charge < -0.3 is 9.47 Å². The first-order valence-electron chi connectivity index (χ1n) is 5.04. The second-order valence-corrected chi connectivity index (χ2v) is 5.49. The van der Waals surface area contributed by atoms with Gasteiger partial charge in [-0.2, -0.15) is 0 Å². The minimum absolute atomic E-state index is 0.284. The molecule has 0 radical (unpaired) electrons. The standard InChI is InChI=1S/C12H10I2O4/c1-2-17-11(15)5-6-18-12(16)9-7-8(13)3-4-10(9)14/h3-7H,2H2,1H3/b6-5+. The molecule has 6 heteroatoms. The highest BCUT2D eigenvalue weighted by atomic mass is 127. The predicted octanol–water partition coefficient (Wildman–Crippen LogP) is 3.13. The van der Waals surface area contributed by atoms with Crippen LogP contribution >= 0.6 is 45.2 Å². The molecule has 0 spiro atoms. The Hall–Kier alpha value is -0.640. The normalized spacial score (nSPS) is 10.4. The molecule has 0 saturated heterocycles. The number of benzene rings is 1. The van der Waals surface area contributed by atoms with Gasteiger partial charge in [0.25, 0.3) is 0 Å². The van der Waals surface area contributed by atoms with Crippen LogP contribution in [0.25, 0.3) is 0 Å². The third kappa shape index (κ3) is 4.92. The smallest absolute Gasteiger partial charge is 0.344 e. The van der Waals surface area contributed by atoms with Crippen LogP contribution in [0.3, 0.4) is 0 Å². The van der Waals surface area contributed by atoms with Crippen LogP contribution in [-0.2, 0) is 14.3 Å². The Morgan fingerprint density at radius 1 is 1.33 bits per heavy atom. The number of carbonyl (C=O) groups is 2. The summed E-state index contributed by atoms with van der Waals surface area (Å²) in [5, 5.41) is 0. The van der Waals surface area contributed by atoms with Crippen LogP contribution in [0, 0.1) is 7.14 Å². The van der Waals surface area contributed by atoms with E-state index in [1.807, 2.05) is 12.1 Å². The van der Waals surface area contributed by atoms with Crippen LogP contribution in [0.15, 0.2) is 30.5 Å². The predicted molar refractivity (Wildman–Crippen MR) is 83.1 cm³/mol. The summed E-state index contributed by atoms with van der Waals surface area (Å²) in [5.41, 5.74) is 0.469. The maximum absolute atomic E-state index is 11.7.